The molecule has 0 heterocycles. The minimum absolute atomic E-state index is 0.631. The summed E-state index contributed by atoms with van der Waals surface area (Å²) in [5.41, 5.74) is -0.816. The molecule has 2 N–H and O–H groups in total. The third-order valence-corrected chi connectivity index (χ3v) is 3.91. The number of carbonyl (C=O) groups is 1. The molecule has 1 fully saturated rings. The van der Waals surface area contributed by atoms with E-state index in [-0.39, 0.29) is 0 Å². The van der Waals surface area contributed by atoms with Crippen LogP contribution in [0.25, 0.3) is 0 Å². The van der Waals surface area contributed by atoms with Gasteiger partial charge in [-0.2, -0.15) is 0 Å². The number of nitrogens with zero attached hydrogens (tertiary/aromatic N) is 1. The molecule has 0 amide bonds. The second kappa shape index (κ2) is 7.82. The fourth-order valence-electron chi connectivity index (χ4n) is 1.91. The van der Waals surface area contributed by atoms with Crippen molar-refractivity contribution in [1.29, 1.82) is 0 Å². The number of aliphatic carboxylic acids is 1. The van der Waals surface area contributed by atoms with Crippen molar-refractivity contribution in [2.45, 2.75) is 38.1 Å². The Morgan fingerprint density at radius 1 is 1.47 bits per heavy atom. The van der Waals surface area contributed by atoms with Gasteiger partial charge in [-0.25, -0.2) is 0 Å². The number of likely N-dealkylation sites (N-methyl/N-ethyl adjacent to an activating group) is 2. The van der Waals surface area contributed by atoms with E-state index in [4.69, 9.17) is 9.84 Å². The number of ether oxygens (including phenoxy) is 1. The van der Waals surface area contributed by atoms with Gasteiger partial charge in [0.25, 0.3) is 0 Å². The van der Waals surface area contributed by atoms with Crippen molar-refractivity contribution in [3.05, 3.63) is 0 Å². The number of hydrogen-bond acceptors (Lipinski definition) is 4. The zero-order valence-electron chi connectivity index (χ0n) is 12.4. The van der Waals surface area contributed by atoms with E-state index in [2.05, 4.69) is 17.3 Å². The third kappa shape index (κ3) is 6.36. The molecule has 19 heavy (non-hydrogen) atoms. The van der Waals surface area contributed by atoms with Gasteiger partial charge in [-0.1, -0.05) is 0 Å². The lowest BCUT2D eigenvalue weighted by Crippen LogP contribution is -2.47. The molecular formula is C14H28N2O3. The Morgan fingerprint density at radius 3 is 2.68 bits per heavy atom. The van der Waals surface area contributed by atoms with E-state index >= 15 is 0 Å². The van der Waals surface area contributed by atoms with E-state index in [0.717, 1.165) is 38.6 Å². The Balaban J connectivity index is 2.04. The second-order valence-corrected chi connectivity index (χ2v) is 5.81. The summed E-state index contributed by atoms with van der Waals surface area (Å²) in [6.07, 6.45) is 4.15. The smallest absolute Gasteiger partial charge is 0.323 e. The highest BCUT2D eigenvalue weighted by molar-refractivity contribution is 5.78. The van der Waals surface area contributed by atoms with Gasteiger partial charge in [-0.15, -0.1) is 0 Å². The van der Waals surface area contributed by atoms with Crippen LogP contribution >= 0.6 is 0 Å². The summed E-state index contributed by atoms with van der Waals surface area (Å²) in [7, 11) is 3.75. The Bertz CT molecular complexity index is 282. The molecule has 0 aromatic carbocycles. The van der Waals surface area contributed by atoms with Crippen LogP contribution in [-0.2, 0) is 9.53 Å². The molecule has 5 heteroatoms. The average Bonchev–Trinajstić information content (AvgIpc) is 3.18. The van der Waals surface area contributed by atoms with E-state index in [0.29, 0.717) is 6.42 Å². The van der Waals surface area contributed by atoms with Gasteiger partial charge in [0.1, 0.15) is 5.54 Å². The molecule has 0 aromatic rings. The number of carboxylic acid groups (broad SMARTS) is 1. The summed E-state index contributed by atoms with van der Waals surface area (Å²) in [6.45, 7) is 5.22. The van der Waals surface area contributed by atoms with Crippen LogP contribution in [0.5, 0.6) is 0 Å². The normalized spacial score (nSPS) is 18.5. The fourth-order valence-corrected chi connectivity index (χ4v) is 1.91. The molecule has 0 radical (unpaired) electrons. The lowest BCUT2D eigenvalue weighted by Gasteiger charge is -2.25. The summed E-state index contributed by atoms with van der Waals surface area (Å²) in [5.74, 6) is 0.0302. The molecular weight excluding hydrogens is 244 g/mol. The van der Waals surface area contributed by atoms with Gasteiger partial charge in [0.15, 0.2) is 0 Å². The van der Waals surface area contributed by atoms with Gasteiger partial charge in [-0.3, -0.25) is 4.79 Å². The predicted octanol–water partition coefficient (Wildman–Crippen LogP) is 1.19. The molecule has 1 rings (SSSR count). The van der Waals surface area contributed by atoms with Gasteiger partial charge < -0.3 is 20.1 Å². The quantitative estimate of drug-likeness (QED) is 0.553. The Hall–Kier alpha value is -0.650. The molecule has 0 saturated heterocycles. The molecule has 112 valence electrons. The lowest BCUT2D eigenvalue weighted by atomic mass is 9.96. The van der Waals surface area contributed by atoms with Crippen molar-refractivity contribution in [3.8, 4) is 0 Å². The highest BCUT2D eigenvalue weighted by Gasteiger charge is 2.30. The Kier molecular flexibility index (Phi) is 6.75. The molecule has 0 spiro atoms. The van der Waals surface area contributed by atoms with Crippen LogP contribution < -0.4 is 5.32 Å². The van der Waals surface area contributed by atoms with Crippen LogP contribution in [0, 0.1) is 5.92 Å². The average molecular weight is 272 g/mol. The summed E-state index contributed by atoms with van der Waals surface area (Å²) in [4.78, 5) is 13.3. The fraction of sp³-hybridized carbons (Fsp3) is 0.929. The van der Waals surface area contributed by atoms with Crippen LogP contribution in [0.4, 0.5) is 0 Å². The van der Waals surface area contributed by atoms with E-state index in [9.17, 15) is 4.79 Å². The zero-order valence-corrected chi connectivity index (χ0v) is 12.4. The molecule has 1 unspecified atom stereocenters. The number of hydrogen-bond donors (Lipinski definition) is 2. The molecule has 0 aromatic heterocycles. The minimum atomic E-state index is -0.816. The number of carboxylic acids is 1. The first-order valence-corrected chi connectivity index (χ1v) is 7.16. The molecule has 1 aliphatic carbocycles. The van der Waals surface area contributed by atoms with Crippen molar-refractivity contribution in [1.82, 2.24) is 10.2 Å². The highest BCUT2D eigenvalue weighted by Crippen LogP contribution is 2.28. The molecule has 1 saturated carbocycles. The van der Waals surface area contributed by atoms with Crippen molar-refractivity contribution < 1.29 is 14.6 Å². The minimum Gasteiger partial charge on any atom is -0.480 e. The zero-order chi connectivity index (χ0) is 14.3. The van der Waals surface area contributed by atoms with Crippen LogP contribution in [-0.4, -0.2) is 61.9 Å². The van der Waals surface area contributed by atoms with Crippen LogP contribution in [0.2, 0.25) is 0 Å². The second-order valence-electron chi connectivity index (χ2n) is 5.81. The first-order valence-electron chi connectivity index (χ1n) is 7.16. The van der Waals surface area contributed by atoms with Crippen molar-refractivity contribution in [3.63, 3.8) is 0 Å². The summed E-state index contributed by atoms with van der Waals surface area (Å²) in [5, 5.41) is 12.0. The van der Waals surface area contributed by atoms with Crippen LogP contribution in [0.1, 0.15) is 32.6 Å². The van der Waals surface area contributed by atoms with E-state index in [1.54, 1.807) is 14.0 Å². The van der Waals surface area contributed by atoms with Gasteiger partial charge >= 0.3 is 5.97 Å². The highest BCUT2D eigenvalue weighted by atomic mass is 16.5. The molecule has 1 aliphatic rings. The van der Waals surface area contributed by atoms with E-state index < -0.39 is 11.5 Å². The van der Waals surface area contributed by atoms with Gasteiger partial charge in [0, 0.05) is 13.2 Å². The van der Waals surface area contributed by atoms with E-state index in [1.165, 1.54) is 12.8 Å². The number of rotatable bonds is 11. The maximum Gasteiger partial charge on any atom is 0.323 e. The molecule has 0 aliphatic heterocycles. The summed E-state index contributed by atoms with van der Waals surface area (Å²) in [6, 6.07) is 0. The first kappa shape index (κ1) is 16.4. The van der Waals surface area contributed by atoms with Crippen LogP contribution in [0.15, 0.2) is 0 Å². The van der Waals surface area contributed by atoms with Crippen molar-refractivity contribution >= 4 is 5.97 Å². The number of nitrogens with one attached hydrogen (secondary N) is 1. The summed E-state index contributed by atoms with van der Waals surface area (Å²) >= 11 is 0. The molecule has 1 atom stereocenters. The summed E-state index contributed by atoms with van der Waals surface area (Å²) < 4.78 is 5.59. The topological polar surface area (TPSA) is 61.8 Å². The predicted molar refractivity (Wildman–Crippen MR) is 75.4 cm³/mol. The maximum absolute atomic E-state index is 11.1. The van der Waals surface area contributed by atoms with Gasteiger partial charge in [0.05, 0.1) is 6.61 Å². The standard InChI is InChI=1S/C14H28N2O3/c1-14(15-2,13(17)18)7-4-8-16(3)9-10-19-11-12-5-6-12/h12,15H,4-11H2,1-3H3,(H,17,18). The Morgan fingerprint density at radius 2 is 2.16 bits per heavy atom. The van der Waals surface area contributed by atoms with Crippen LogP contribution in [0.3, 0.4) is 0 Å². The first-order chi connectivity index (χ1) is 8.98. The van der Waals surface area contributed by atoms with E-state index in [1.807, 2.05) is 0 Å². The maximum atomic E-state index is 11.1. The largest absolute Gasteiger partial charge is 0.480 e. The van der Waals surface area contributed by atoms with Gasteiger partial charge in [-0.05, 0) is 59.2 Å². The van der Waals surface area contributed by atoms with Gasteiger partial charge in [0.2, 0.25) is 0 Å². The SMILES string of the molecule is CNC(C)(CCCN(C)CCOCC1CC1)C(=O)O. The van der Waals surface area contributed by atoms with Crippen molar-refractivity contribution in [2.75, 3.05) is 40.4 Å². The van der Waals surface area contributed by atoms with Crippen molar-refractivity contribution in [2.24, 2.45) is 5.92 Å². The molecule has 5 nitrogen and oxygen atoms in total. The molecule has 0 bridgehead atoms. The lowest BCUT2D eigenvalue weighted by molar-refractivity contribution is -0.144. The Labute approximate surface area is 116 Å². The third-order valence-electron chi connectivity index (χ3n) is 3.91. The monoisotopic (exact) mass is 272 g/mol.